The highest BCUT2D eigenvalue weighted by atomic mass is 16.4. The molecule has 1 fully saturated rings. The topological polar surface area (TPSA) is 96.4 Å². The highest BCUT2D eigenvalue weighted by molar-refractivity contribution is 5.98. The third-order valence-electron chi connectivity index (χ3n) is 3.64. The molecule has 1 aromatic carbocycles. The fourth-order valence-corrected chi connectivity index (χ4v) is 2.82. The maximum Gasteiger partial charge on any atom is 0.404 e. The van der Waals surface area contributed by atoms with E-state index in [1.54, 1.807) is 4.68 Å². The number of carbonyl (C=O) groups is 1. The van der Waals surface area contributed by atoms with Crippen LogP contribution in [0, 0.1) is 0 Å². The van der Waals surface area contributed by atoms with Crippen molar-refractivity contribution in [3.63, 3.8) is 0 Å². The van der Waals surface area contributed by atoms with Crippen LogP contribution in [0.15, 0.2) is 18.3 Å². The van der Waals surface area contributed by atoms with Crippen molar-refractivity contribution in [1.29, 1.82) is 0 Å². The Morgan fingerprint density at radius 2 is 2.35 bits per heavy atom. The lowest BCUT2D eigenvalue weighted by Gasteiger charge is -2.21. The Morgan fingerprint density at radius 3 is 3.10 bits per heavy atom. The number of hydrogen-bond acceptors (Lipinski definition) is 4. The summed E-state index contributed by atoms with van der Waals surface area (Å²) >= 11 is 0. The Bertz CT molecular complexity index is 666. The lowest BCUT2D eigenvalue weighted by Crippen LogP contribution is -2.36. The largest absolute Gasteiger partial charge is 0.465 e. The van der Waals surface area contributed by atoms with Crippen LogP contribution in [0.4, 0.5) is 16.2 Å². The number of carboxylic acid groups (broad SMARTS) is 1. The average Bonchev–Trinajstić information content (AvgIpc) is 2.94. The number of nitrogens with one attached hydrogen (secondary N) is 1. The van der Waals surface area contributed by atoms with Crippen LogP contribution < -0.4 is 16.0 Å². The van der Waals surface area contributed by atoms with E-state index in [0.717, 1.165) is 29.6 Å². The van der Waals surface area contributed by atoms with E-state index in [1.807, 2.05) is 25.4 Å². The van der Waals surface area contributed by atoms with Gasteiger partial charge in [0.1, 0.15) is 0 Å². The monoisotopic (exact) mass is 275 g/mol. The van der Waals surface area contributed by atoms with E-state index in [-0.39, 0.29) is 6.04 Å². The van der Waals surface area contributed by atoms with Gasteiger partial charge in [0, 0.05) is 31.7 Å². The Hall–Kier alpha value is -2.44. The fourth-order valence-electron chi connectivity index (χ4n) is 2.82. The van der Waals surface area contributed by atoms with Gasteiger partial charge >= 0.3 is 6.09 Å². The maximum atomic E-state index is 10.7. The SMILES string of the molecule is Cn1cc2c(N3CCC(NC(=O)O)C3)c(N)ccc2n1. The zero-order valence-electron chi connectivity index (χ0n) is 11.2. The van der Waals surface area contributed by atoms with Crippen LogP contribution in [0.3, 0.4) is 0 Å². The van der Waals surface area contributed by atoms with Crippen molar-refractivity contribution < 1.29 is 9.90 Å². The molecule has 3 rings (SSSR count). The molecule has 1 aliphatic heterocycles. The summed E-state index contributed by atoms with van der Waals surface area (Å²) in [4.78, 5) is 12.8. The summed E-state index contributed by atoms with van der Waals surface area (Å²) in [6.45, 7) is 1.41. The van der Waals surface area contributed by atoms with Crippen LogP contribution in [0.25, 0.3) is 10.9 Å². The predicted molar refractivity (Wildman–Crippen MR) is 76.9 cm³/mol. The van der Waals surface area contributed by atoms with Gasteiger partial charge < -0.3 is 21.1 Å². The van der Waals surface area contributed by atoms with Gasteiger partial charge in [-0.05, 0) is 18.6 Å². The summed E-state index contributed by atoms with van der Waals surface area (Å²) in [6, 6.07) is 3.69. The molecule has 106 valence electrons. The maximum absolute atomic E-state index is 10.7. The van der Waals surface area contributed by atoms with Gasteiger partial charge in [-0.1, -0.05) is 0 Å². The van der Waals surface area contributed by atoms with Gasteiger partial charge in [0.2, 0.25) is 0 Å². The van der Waals surface area contributed by atoms with E-state index in [9.17, 15) is 4.79 Å². The van der Waals surface area contributed by atoms with Crippen molar-refractivity contribution in [2.75, 3.05) is 23.7 Å². The zero-order chi connectivity index (χ0) is 14.3. The fraction of sp³-hybridized carbons (Fsp3) is 0.385. The number of anilines is 2. The molecule has 0 bridgehead atoms. The molecule has 1 amide bonds. The van der Waals surface area contributed by atoms with E-state index in [1.165, 1.54) is 0 Å². The molecular formula is C13H17N5O2. The zero-order valence-corrected chi connectivity index (χ0v) is 11.2. The van der Waals surface area contributed by atoms with Crippen molar-refractivity contribution in [1.82, 2.24) is 15.1 Å². The van der Waals surface area contributed by atoms with Gasteiger partial charge in [-0.15, -0.1) is 0 Å². The highest BCUT2D eigenvalue weighted by Gasteiger charge is 2.26. The number of hydrogen-bond donors (Lipinski definition) is 3. The number of benzene rings is 1. The molecule has 1 atom stereocenters. The number of aryl methyl sites for hydroxylation is 1. The average molecular weight is 275 g/mol. The number of rotatable bonds is 2. The van der Waals surface area contributed by atoms with Crippen LogP contribution in [0.5, 0.6) is 0 Å². The van der Waals surface area contributed by atoms with Crippen LogP contribution in [-0.4, -0.2) is 40.1 Å². The Kier molecular flexibility index (Phi) is 2.89. The summed E-state index contributed by atoms with van der Waals surface area (Å²) in [6.07, 6.45) is 1.74. The first-order valence-electron chi connectivity index (χ1n) is 6.51. The number of nitrogen functional groups attached to an aromatic ring is 1. The van der Waals surface area contributed by atoms with Crippen LogP contribution in [0.1, 0.15) is 6.42 Å². The van der Waals surface area contributed by atoms with E-state index in [2.05, 4.69) is 15.3 Å². The Balaban J connectivity index is 1.94. The summed E-state index contributed by atoms with van der Waals surface area (Å²) in [5.41, 5.74) is 8.65. The molecule has 4 N–H and O–H groups in total. The minimum atomic E-state index is -0.982. The van der Waals surface area contributed by atoms with Crippen LogP contribution >= 0.6 is 0 Å². The molecule has 0 spiro atoms. The molecule has 7 nitrogen and oxygen atoms in total. The second-order valence-electron chi connectivity index (χ2n) is 5.12. The predicted octanol–water partition coefficient (Wildman–Crippen LogP) is 1.00. The summed E-state index contributed by atoms with van der Waals surface area (Å²) < 4.78 is 1.76. The number of aromatic nitrogens is 2. The summed E-state index contributed by atoms with van der Waals surface area (Å²) in [7, 11) is 1.87. The first-order valence-corrected chi connectivity index (χ1v) is 6.51. The lowest BCUT2D eigenvalue weighted by atomic mass is 10.1. The number of nitrogens with two attached hydrogens (primary N) is 1. The van der Waals surface area contributed by atoms with Gasteiger partial charge in [-0.2, -0.15) is 5.10 Å². The van der Waals surface area contributed by atoms with Gasteiger partial charge in [0.15, 0.2) is 0 Å². The molecule has 0 saturated carbocycles. The molecule has 7 heteroatoms. The first-order chi connectivity index (χ1) is 9.54. The van der Waals surface area contributed by atoms with Gasteiger partial charge in [0.25, 0.3) is 0 Å². The quantitative estimate of drug-likeness (QED) is 0.711. The molecule has 0 radical (unpaired) electrons. The highest BCUT2D eigenvalue weighted by Crippen LogP contribution is 2.34. The minimum Gasteiger partial charge on any atom is -0.465 e. The lowest BCUT2D eigenvalue weighted by molar-refractivity contribution is 0.191. The minimum absolute atomic E-state index is 0.0566. The number of amides is 1. The van der Waals surface area contributed by atoms with E-state index >= 15 is 0 Å². The Labute approximate surface area is 116 Å². The summed E-state index contributed by atoms with van der Waals surface area (Å²) in [5, 5.41) is 16.7. The summed E-state index contributed by atoms with van der Waals surface area (Å²) in [5.74, 6) is 0. The van der Waals surface area contributed by atoms with Crippen molar-refractivity contribution in [2.45, 2.75) is 12.5 Å². The standard InChI is InChI=1S/C13H17N5O2/c1-17-7-9-11(16-17)3-2-10(14)12(9)18-5-4-8(6-18)15-13(19)20/h2-3,7-8,15H,4-6,14H2,1H3,(H,19,20). The number of fused-ring (bicyclic) bond motifs is 1. The van der Waals surface area contributed by atoms with Crippen molar-refractivity contribution in [3.8, 4) is 0 Å². The molecular weight excluding hydrogens is 258 g/mol. The molecule has 20 heavy (non-hydrogen) atoms. The molecule has 2 aromatic rings. The van der Waals surface area contributed by atoms with Gasteiger partial charge in [-0.25, -0.2) is 4.79 Å². The van der Waals surface area contributed by atoms with E-state index < -0.39 is 6.09 Å². The van der Waals surface area contributed by atoms with Crippen molar-refractivity contribution in [2.24, 2.45) is 7.05 Å². The van der Waals surface area contributed by atoms with E-state index in [4.69, 9.17) is 10.8 Å². The van der Waals surface area contributed by atoms with Gasteiger partial charge in [-0.3, -0.25) is 4.68 Å². The van der Waals surface area contributed by atoms with Crippen LogP contribution in [-0.2, 0) is 7.05 Å². The molecule has 1 unspecified atom stereocenters. The third-order valence-corrected chi connectivity index (χ3v) is 3.64. The van der Waals surface area contributed by atoms with E-state index in [0.29, 0.717) is 12.2 Å². The molecule has 2 heterocycles. The van der Waals surface area contributed by atoms with Crippen molar-refractivity contribution in [3.05, 3.63) is 18.3 Å². The van der Waals surface area contributed by atoms with Crippen LogP contribution in [0.2, 0.25) is 0 Å². The number of nitrogens with zero attached hydrogens (tertiary/aromatic N) is 3. The smallest absolute Gasteiger partial charge is 0.404 e. The third kappa shape index (κ3) is 2.11. The van der Waals surface area contributed by atoms with Crippen molar-refractivity contribution >= 4 is 28.4 Å². The molecule has 1 saturated heterocycles. The normalized spacial score (nSPS) is 18.6. The Morgan fingerprint density at radius 1 is 1.55 bits per heavy atom. The van der Waals surface area contributed by atoms with Gasteiger partial charge in [0.05, 0.1) is 22.9 Å². The first kappa shape index (κ1) is 12.6. The second kappa shape index (κ2) is 4.59. The molecule has 1 aliphatic rings. The molecule has 0 aliphatic carbocycles. The molecule has 1 aromatic heterocycles. The second-order valence-corrected chi connectivity index (χ2v) is 5.12.